The predicted molar refractivity (Wildman–Crippen MR) is 110 cm³/mol. The Morgan fingerprint density at radius 1 is 1.06 bits per heavy atom. The maximum atomic E-state index is 13.4. The van der Waals surface area contributed by atoms with Gasteiger partial charge in [0.15, 0.2) is 0 Å². The van der Waals surface area contributed by atoms with Crippen LogP contribution in [-0.4, -0.2) is 18.2 Å². The van der Waals surface area contributed by atoms with Crippen LogP contribution in [0.1, 0.15) is 24.2 Å². The quantitative estimate of drug-likeness (QED) is 0.335. The standard InChI is InChI=1S/C23H18FNO6/c1-12(2)29-18-10-17-19(9-16(18)14-7-8-28-11-14)30-21(13-3-5-15(24)6-4-13)20(17)22(26)31-23(25)27/h3-12H,1-2H3,(H2,25,27). The third kappa shape index (κ3) is 4.00. The van der Waals surface area contributed by atoms with Gasteiger partial charge in [-0.2, -0.15) is 0 Å². The minimum atomic E-state index is -1.25. The van der Waals surface area contributed by atoms with Gasteiger partial charge in [0.25, 0.3) is 0 Å². The smallest absolute Gasteiger partial charge is 0.412 e. The van der Waals surface area contributed by atoms with Crippen LogP contribution in [0.4, 0.5) is 9.18 Å². The number of nitrogens with two attached hydrogens (primary N) is 1. The van der Waals surface area contributed by atoms with Crippen molar-refractivity contribution in [2.24, 2.45) is 5.73 Å². The fourth-order valence-corrected chi connectivity index (χ4v) is 3.27. The summed E-state index contributed by atoms with van der Waals surface area (Å²) in [5, 5.41) is 0.355. The van der Waals surface area contributed by atoms with Gasteiger partial charge >= 0.3 is 12.1 Å². The van der Waals surface area contributed by atoms with Crippen molar-refractivity contribution in [2.45, 2.75) is 20.0 Å². The maximum absolute atomic E-state index is 13.4. The lowest BCUT2D eigenvalue weighted by atomic mass is 10.0. The minimum Gasteiger partial charge on any atom is -0.490 e. The number of carbonyl (C=O) groups is 2. The molecule has 2 aromatic carbocycles. The first-order valence-corrected chi connectivity index (χ1v) is 9.41. The molecule has 0 spiro atoms. The Morgan fingerprint density at radius 2 is 1.81 bits per heavy atom. The Labute approximate surface area is 176 Å². The molecule has 158 valence electrons. The summed E-state index contributed by atoms with van der Waals surface area (Å²) in [4.78, 5) is 23.9. The van der Waals surface area contributed by atoms with E-state index in [-0.39, 0.29) is 17.4 Å². The van der Waals surface area contributed by atoms with Gasteiger partial charge in [-0.15, -0.1) is 0 Å². The van der Waals surface area contributed by atoms with Crippen molar-refractivity contribution >= 4 is 23.0 Å². The minimum absolute atomic E-state index is 0.0206. The number of primary amides is 1. The molecule has 8 heteroatoms. The van der Waals surface area contributed by atoms with Gasteiger partial charge in [0.1, 0.15) is 28.5 Å². The van der Waals surface area contributed by atoms with Gasteiger partial charge in [0.05, 0.1) is 18.6 Å². The topological polar surface area (TPSA) is 105 Å². The molecule has 1 amide bonds. The first-order valence-electron chi connectivity index (χ1n) is 9.41. The second kappa shape index (κ2) is 7.98. The van der Waals surface area contributed by atoms with Crippen LogP contribution >= 0.6 is 0 Å². The Kier molecular flexibility index (Phi) is 5.21. The van der Waals surface area contributed by atoms with E-state index in [1.807, 2.05) is 13.8 Å². The van der Waals surface area contributed by atoms with Crippen molar-refractivity contribution in [2.75, 3.05) is 0 Å². The lowest BCUT2D eigenvalue weighted by molar-refractivity contribution is 0.0640. The lowest BCUT2D eigenvalue weighted by Crippen LogP contribution is -2.18. The number of fused-ring (bicyclic) bond motifs is 1. The van der Waals surface area contributed by atoms with Crippen LogP contribution in [0.15, 0.2) is 63.8 Å². The highest BCUT2D eigenvalue weighted by atomic mass is 19.1. The number of amides is 1. The molecule has 0 bridgehead atoms. The molecule has 0 fully saturated rings. The van der Waals surface area contributed by atoms with Gasteiger partial charge in [0.2, 0.25) is 0 Å². The number of carbonyl (C=O) groups excluding carboxylic acids is 2. The zero-order chi connectivity index (χ0) is 22.1. The summed E-state index contributed by atoms with van der Waals surface area (Å²) in [6.45, 7) is 3.73. The highest BCUT2D eigenvalue weighted by molar-refractivity contribution is 6.12. The summed E-state index contributed by atoms with van der Waals surface area (Å²) in [5.74, 6) is -0.849. The summed E-state index contributed by atoms with van der Waals surface area (Å²) in [7, 11) is 0. The molecule has 2 heterocycles. The van der Waals surface area contributed by atoms with E-state index in [2.05, 4.69) is 4.74 Å². The monoisotopic (exact) mass is 423 g/mol. The Balaban J connectivity index is 1.99. The average Bonchev–Trinajstić information content (AvgIpc) is 3.34. The van der Waals surface area contributed by atoms with E-state index in [4.69, 9.17) is 19.3 Å². The molecule has 0 aliphatic carbocycles. The van der Waals surface area contributed by atoms with E-state index in [0.29, 0.717) is 27.8 Å². The van der Waals surface area contributed by atoms with Gasteiger partial charge in [-0.05, 0) is 56.3 Å². The highest BCUT2D eigenvalue weighted by Crippen LogP contribution is 2.41. The van der Waals surface area contributed by atoms with Crippen LogP contribution in [0.25, 0.3) is 33.4 Å². The number of rotatable bonds is 5. The SMILES string of the molecule is CC(C)Oc1cc2c(C(=O)OC(N)=O)c(-c3ccc(F)cc3)oc2cc1-c1ccoc1. The molecular formula is C23H18FNO6. The Bertz CT molecular complexity index is 1260. The van der Waals surface area contributed by atoms with E-state index < -0.39 is 17.9 Å². The molecule has 0 saturated carbocycles. The molecule has 0 saturated heterocycles. The van der Waals surface area contributed by atoms with Crippen LogP contribution in [0.5, 0.6) is 5.75 Å². The largest absolute Gasteiger partial charge is 0.490 e. The number of furan rings is 2. The summed E-state index contributed by atoms with van der Waals surface area (Å²) in [6.07, 6.45) is 1.67. The molecule has 4 aromatic rings. The summed E-state index contributed by atoms with van der Waals surface area (Å²) in [5.41, 5.74) is 7.21. The van der Waals surface area contributed by atoms with E-state index in [9.17, 15) is 14.0 Å². The first-order chi connectivity index (χ1) is 14.8. The zero-order valence-corrected chi connectivity index (χ0v) is 16.7. The van der Waals surface area contributed by atoms with Crippen LogP contribution in [-0.2, 0) is 4.74 Å². The maximum Gasteiger partial charge on any atom is 0.412 e. The first kappa shape index (κ1) is 20.2. The molecule has 0 radical (unpaired) electrons. The normalized spacial score (nSPS) is 11.1. The average molecular weight is 423 g/mol. The Hall–Kier alpha value is -4.07. The molecule has 0 aliphatic heterocycles. The molecular weight excluding hydrogens is 405 g/mol. The molecule has 4 rings (SSSR count). The number of esters is 1. The van der Waals surface area contributed by atoms with Crippen LogP contribution in [0.2, 0.25) is 0 Å². The van der Waals surface area contributed by atoms with Gasteiger partial charge in [-0.25, -0.2) is 14.0 Å². The van der Waals surface area contributed by atoms with E-state index in [1.165, 1.54) is 30.5 Å². The van der Waals surface area contributed by atoms with Crippen LogP contribution in [0, 0.1) is 5.82 Å². The second-order valence-electron chi connectivity index (χ2n) is 7.04. The molecule has 2 aromatic heterocycles. The van der Waals surface area contributed by atoms with E-state index in [0.717, 1.165) is 5.56 Å². The fourth-order valence-electron chi connectivity index (χ4n) is 3.27. The number of hydrogen-bond donors (Lipinski definition) is 1. The van der Waals surface area contributed by atoms with Crippen LogP contribution < -0.4 is 10.5 Å². The number of benzene rings is 2. The van der Waals surface area contributed by atoms with Crippen molar-refractivity contribution < 1.29 is 32.3 Å². The van der Waals surface area contributed by atoms with Crippen molar-refractivity contribution in [1.82, 2.24) is 0 Å². The molecule has 2 N–H and O–H groups in total. The van der Waals surface area contributed by atoms with Gasteiger partial charge in [-0.1, -0.05) is 0 Å². The van der Waals surface area contributed by atoms with Gasteiger partial charge in [0, 0.05) is 22.1 Å². The zero-order valence-electron chi connectivity index (χ0n) is 16.7. The third-order valence-corrected chi connectivity index (χ3v) is 4.49. The highest BCUT2D eigenvalue weighted by Gasteiger charge is 2.27. The summed E-state index contributed by atoms with van der Waals surface area (Å²) >= 11 is 0. The molecule has 0 unspecified atom stereocenters. The summed E-state index contributed by atoms with van der Waals surface area (Å²) in [6, 6.07) is 10.5. The lowest BCUT2D eigenvalue weighted by Gasteiger charge is -2.13. The van der Waals surface area contributed by atoms with E-state index in [1.54, 1.807) is 24.5 Å². The number of hydrogen-bond acceptors (Lipinski definition) is 6. The van der Waals surface area contributed by atoms with Crippen LogP contribution in [0.3, 0.4) is 0 Å². The van der Waals surface area contributed by atoms with Gasteiger partial charge < -0.3 is 24.0 Å². The van der Waals surface area contributed by atoms with Crippen molar-refractivity contribution in [3.8, 4) is 28.2 Å². The van der Waals surface area contributed by atoms with E-state index >= 15 is 0 Å². The van der Waals surface area contributed by atoms with Crippen molar-refractivity contribution in [1.29, 1.82) is 0 Å². The molecule has 0 atom stereocenters. The molecule has 7 nitrogen and oxygen atoms in total. The number of halogens is 1. The van der Waals surface area contributed by atoms with Crippen molar-refractivity contribution in [3.63, 3.8) is 0 Å². The van der Waals surface area contributed by atoms with Crippen molar-refractivity contribution in [3.05, 3.63) is 66.4 Å². The van der Waals surface area contributed by atoms with Gasteiger partial charge in [-0.3, -0.25) is 0 Å². The predicted octanol–water partition coefficient (Wildman–Crippen LogP) is 5.52. The molecule has 0 aliphatic rings. The third-order valence-electron chi connectivity index (χ3n) is 4.49. The molecule has 31 heavy (non-hydrogen) atoms. The second-order valence-corrected chi connectivity index (χ2v) is 7.04. The number of ether oxygens (including phenoxy) is 2. The summed E-state index contributed by atoms with van der Waals surface area (Å²) < 4.78 is 35.1. The Morgan fingerprint density at radius 3 is 2.42 bits per heavy atom. The fraction of sp³-hybridized carbons (Fsp3) is 0.130.